The van der Waals surface area contributed by atoms with Gasteiger partial charge in [0.25, 0.3) is 0 Å². The van der Waals surface area contributed by atoms with Crippen LogP contribution in [0.15, 0.2) is 36.4 Å². The Morgan fingerprint density at radius 3 is 1.67 bits per heavy atom. The lowest BCUT2D eigenvalue weighted by atomic mass is 10.00. The largest absolute Gasteiger partial charge is 0.478 e. The van der Waals surface area contributed by atoms with E-state index >= 15 is 0 Å². The number of rotatable bonds is 3. The molecule has 6 nitrogen and oxygen atoms in total. The number of aromatic carboxylic acids is 3. The second-order valence-electron chi connectivity index (χ2n) is 5.20. The van der Waals surface area contributed by atoms with Crippen molar-refractivity contribution < 1.29 is 29.7 Å². The van der Waals surface area contributed by atoms with Crippen molar-refractivity contribution in [2.45, 2.75) is 20.8 Å². The molecule has 0 radical (unpaired) electrons. The molecule has 3 N–H and O–H groups in total. The normalized spacial score (nSPS) is 9.62. The van der Waals surface area contributed by atoms with E-state index < -0.39 is 17.9 Å². The van der Waals surface area contributed by atoms with Gasteiger partial charge in [0.15, 0.2) is 0 Å². The third kappa shape index (κ3) is 4.67. The van der Waals surface area contributed by atoms with Crippen LogP contribution in [0, 0.1) is 20.8 Å². The fourth-order valence-corrected chi connectivity index (χ4v) is 2.02. The molecule has 0 unspecified atom stereocenters. The van der Waals surface area contributed by atoms with E-state index in [2.05, 4.69) is 0 Å². The molecular formula is C18H18O6. The van der Waals surface area contributed by atoms with E-state index in [0.29, 0.717) is 16.7 Å². The molecule has 0 amide bonds. The molecule has 0 atom stereocenters. The molecule has 0 saturated heterocycles. The number of carbonyl (C=O) groups is 3. The summed E-state index contributed by atoms with van der Waals surface area (Å²) >= 11 is 0. The van der Waals surface area contributed by atoms with Gasteiger partial charge in [0.1, 0.15) is 0 Å². The van der Waals surface area contributed by atoms with E-state index in [4.69, 9.17) is 15.3 Å². The Labute approximate surface area is 139 Å². The van der Waals surface area contributed by atoms with Crippen LogP contribution in [0.25, 0.3) is 0 Å². The van der Waals surface area contributed by atoms with Crippen LogP contribution >= 0.6 is 0 Å². The third-order valence-electron chi connectivity index (χ3n) is 3.52. The van der Waals surface area contributed by atoms with Crippen LogP contribution in [0.5, 0.6) is 0 Å². The van der Waals surface area contributed by atoms with Crippen LogP contribution in [0.4, 0.5) is 0 Å². The molecule has 2 rings (SSSR count). The summed E-state index contributed by atoms with van der Waals surface area (Å²) < 4.78 is 0. The zero-order valence-corrected chi connectivity index (χ0v) is 13.5. The summed E-state index contributed by atoms with van der Waals surface area (Å²) in [6, 6.07) is 9.55. The van der Waals surface area contributed by atoms with Gasteiger partial charge in [0.2, 0.25) is 0 Å². The minimum absolute atomic E-state index is 0.00509. The van der Waals surface area contributed by atoms with Gasteiger partial charge in [-0.25, -0.2) is 14.4 Å². The lowest BCUT2D eigenvalue weighted by Gasteiger charge is -2.06. The molecule has 0 spiro atoms. The average Bonchev–Trinajstić information content (AvgIpc) is 2.50. The highest BCUT2D eigenvalue weighted by atomic mass is 16.4. The first-order chi connectivity index (χ1) is 11.1. The predicted octanol–water partition coefficient (Wildman–Crippen LogP) is 3.39. The van der Waals surface area contributed by atoms with Crippen molar-refractivity contribution in [3.8, 4) is 0 Å². The fraction of sp³-hybridized carbons (Fsp3) is 0.167. The van der Waals surface area contributed by atoms with Crippen molar-refractivity contribution >= 4 is 17.9 Å². The van der Waals surface area contributed by atoms with Crippen molar-refractivity contribution in [3.63, 3.8) is 0 Å². The molecule has 24 heavy (non-hydrogen) atoms. The van der Waals surface area contributed by atoms with Gasteiger partial charge < -0.3 is 15.3 Å². The number of aryl methyl sites for hydroxylation is 2. The Bertz CT molecular complexity index is 792. The predicted molar refractivity (Wildman–Crippen MR) is 88.0 cm³/mol. The number of hydrogen-bond donors (Lipinski definition) is 3. The zero-order chi connectivity index (χ0) is 18.4. The first-order valence-corrected chi connectivity index (χ1v) is 7.02. The molecule has 2 aromatic rings. The second kappa shape index (κ2) is 7.92. The minimum Gasteiger partial charge on any atom is -0.478 e. The molecule has 2 aromatic carbocycles. The molecule has 0 bridgehead atoms. The van der Waals surface area contributed by atoms with E-state index in [9.17, 15) is 14.4 Å². The molecule has 126 valence electrons. The summed E-state index contributed by atoms with van der Waals surface area (Å²) in [4.78, 5) is 31.8. The van der Waals surface area contributed by atoms with E-state index in [1.54, 1.807) is 39.0 Å². The Balaban J connectivity index is 0.000000254. The monoisotopic (exact) mass is 330 g/mol. The van der Waals surface area contributed by atoms with Gasteiger partial charge in [-0.2, -0.15) is 0 Å². The van der Waals surface area contributed by atoms with Crippen molar-refractivity contribution in [2.75, 3.05) is 0 Å². The van der Waals surface area contributed by atoms with Crippen molar-refractivity contribution in [2.24, 2.45) is 0 Å². The summed E-state index contributed by atoms with van der Waals surface area (Å²) in [5, 5.41) is 26.1. The maximum absolute atomic E-state index is 10.8. The van der Waals surface area contributed by atoms with Crippen LogP contribution in [0.1, 0.15) is 47.8 Å². The number of carboxylic acids is 3. The van der Waals surface area contributed by atoms with Gasteiger partial charge in [-0.05, 0) is 55.7 Å². The molecule has 0 aromatic heterocycles. The summed E-state index contributed by atoms with van der Waals surface area (Å²) in [6.07, 6.45) is 0. The van der Waals surface area contributed by atoms with Crippen LogP contribution in [0.2, 0.25) is 0 Å². The van der Waals surface area contributed by atoms with Gasteiger partial charge >= 0.3 is 17.9 Å². The lowest BCUT2D eigenvalue weighted by Crippen LogP contribution is -2.06. The van der Waals surface area contributed by atoms with Gasteiger partial charge in [-0.3, -0.25) is 0 Å². The van der Waals surface area contributed by atoms with E-state index in [1.807, 2.05) is 6.07 Å². The summed E-state index contributed by atoms with van der Waals surface area (Å²) in [5.74, 6) is -3.08. The molecule has 0 aliphatic carbocycles. The highest BCUT2D eigenvalue weighted by Gasteiger charge is 2.13. The second-order valence-corrected chi connectivity index (χ2v) is 5.20. The van der Waals surface area contributed by atoms with Crippen LogP contribution < -0.4 is 0 Å². The molecule has 0 heterocycles. The molecule has 0 aliphatic rings. The Morgan fingerprint density at radius 1 is 0.708 bits per heavy atom. The standard InChI is InChI=1S/C10H10O4.C8H8O2/c1-5-3-7(9(11)12)4-8(6(5)2)10(13)14;1-6-4-2-3-5-7(6)8(9)10/h3-4H,1-2H3,(H,11,12)(H,13,14);2-5H,1H3,(H,9,10). The molecular weight excluding hydrogens is 312 g/mol. The van der Waals surface area contributed by atoms with E-state index in [1.165, 1.54) is 12.1 Å². The molecule has 0 saturated carbocycles. The summed E-state index contributed by atoms with van der Waals surface area (Å²) in [5.41, 5.74) is 2.50. The topological polar surface area (TPSA) is 112 Å². The molecule has 0 aliphatic heterocycles. The van der Waals surface area contributed by atoms with E-state index in [-0.39, 0.29) is 11.1 Å². The number of benzene rings is 2. The Hall–Kier alpha value is -3.15. The smallest absolute Gasteiger partial charge is 0.335 e. The molecule has 0 fully saturated rings. The van der Waals surface area contributed by atoms with Crippen LogP contribution in [-0.2, 0) is 0 Å². The van der Waals surface area contributed by atoms with Crippen molar-refractivity contribution in [1.82, 2.24) is 0 Å². The quantitative estimate of drug-likeness (QED) is 0.795. The van der Waals surface area contributed by atoms with Crippen molar-refractivity contribution in [3.05, 3.63) is 69.8 Å². The van der Waals surface area contributed by atoms with Crippen molar-refractivity contribution in [1.29, 1.82) is 0 Å². The minimum atomic E-state index is -1.12. The maximum Gasteiger partial charge on any atom is 0.335 e. The van der Waals surface area contributed by atoms with Crippen LogP contribution in [-0.4, -0.2) is 33.2 Å². The van der Waals surface area contributed by atoms with Gasteiger partial charge in [0.05, 0.1) is 16.7 Å². The molecule has 6 heteroatoms. The highest BCUT2D eigenvalue weighted by Crippen LogP contribution is 2.16. The maximum atomic E-state index is 10.8. The summed E-state index contributed by atoms with van der Waals surface area (Å²) in [7, 11) is 0. The van der Waals surface area contributed by atoms with E-state index in [0.717, 1.165) is 5.56 Å². The number of hydrogen-bond acceptors (Lipinski definition) is 3. The third-order valence-corrected chi connectivity index (χ3v) is 3.52. The van der Waals surface area contributed by atoms with Gasteiger partial charge in [-0.15, -0.1) is 0 Å². The number of carboxylic acid groups (broad SMARTS) is 3. The fourth-order valence-electron chi connectivity index (χ4n) is 2.02. The SMILES string of the molecule is Cc1cc(C(=O)O)cc(C(=O)O)c1C.Cc1ccccc1C(=O)O. The zero-order valence-electron chi connectivity index (χ0n) is 13.5. The summed E-state index contributed by atoms with van der Waals surface area (Å²) in [6.45, 7) is 5.13. The first kappa shape index (κ1) is 18.9. The highest BCUT2D eigenvalue weighted by molar-refractivity contribution is 5.95. The lowest BCUT2D eigenvalue weighted by molar-refractivity contribution is 0.0681. The van der Waals surface area contributed by atoms with Crippen LogP contribution in [0.3, 0.4) is 0 Å². The first-order valence-electron chi connectivity index (χ1n) is 7.02. The van der Waals surface area contributed by atoms with Gasteiger partial charge in [0, 0.05) is 0 Å². The Morgan fingerprint density at radius 2 is 1.25 bits per heavy atom. The van der Waals surface area contributed by atoms with Gasteiger partial charge in [-0.1, -0.05) is 18.2 Å². The Kier molecular flexibility index (Phi) is 6.23. The average molecular weight is 330 g/mol.